The van der Waals surface area contributed by atoms with Gasteiger partial charge in [0.2, 0.25) is 0 Å². The minimum atomic E-state index is -5.77. The lowest BCUT2D eigenvalue weighted by Gasteiger charge is -2.05. The second-order valence-corrected chi connectivity index (χ2v) is 6.05. The highest BCUT2D eigenvalue weighted by molar-refractivity contribution is 7.90. The number of carbonyl (C=O) groups is 2. The number of hydrogen-bond acceptors (Lipinski definition) is 4. The molecule has 132 valence electrons. The second-order valence-electron chi connectivity index (χ2n) is 4.04. The van der Waals surface area contributed by atoms with Crippen LogP contribution in [0.4, 0.5) is 32.0 Å². The molecule has 1 aromatic rings. The summed E-state index contributed by atoms with van der Waals surface area (Å²) < 4.78 is 89.0. The van der Waals surface area contributed by atoms with Crippen LogP contribution in [0.1, 0.15) is 0 Å². The summed E-state index contributed by atoms with van der Waals surface area (Å²) in [6.45, 7) is 6.68. The Morgan fingerprint density at radius 1 is 1.00 bits per heavy atom. The SMILES string of the molecule is O=C(C(=O)C(F)(F)F)C(F)(F)F.[C-]#[N+]c1cccc(S(C)(=O)=O)c1. The van der Waals surface area contributed by atoms with Crippen LogP contribution in [0.2, 0.25) is 0 Å². The van der Waals surface area contributed by atoms with Crippen LogP contribution in [0.25, 0.3) is 4.85 Å². The number of halogens is 6. The van der Waals surface area contributed by atoms with E-state index in [0.29, 0.717) is 5.69 Å². The Hall–Kier alpha value is -2.42. The largest absolute Gasteiger partial charge is 0.458 e. The molecule has 1 rings (SSSR count). The van der Waals surface area contributed by atoms with Gasteiger partial charge in [-0.15, -0.1) is 0 Å². The van der Waals surface area contributed by atoms with Crippen LogP contribution in [0.3, 0.4) is 0 Å². The van der Waals surface area contributed by atoms with Crippen molar-refractivity contribution < 1.29 is 44.3 Å². The molecule has 5 nitrogen and oxygen atoms in total. The molecule has 0 saturated heterocycles. The third-order valence-electron chi connectivity index (χ3n) is 2.10. The van der Waals surface area contributed by atoms with Gasteiger partial charge in [0, 0.05) is 6.26 Å². The highest BCUT2D eigenvalue weighted by Crippen LogP contribution is 2.24. The van der Waals surface area contributed by atoms with Crippen LogP contribution >= 0.6 is 0 Å². The Bertz CT molecular complexity index is 750. The van der Waals surface area contributed by atoms with Crippen LogP contribution < -0.4 is 0 Å². The number of carbonyl (C=O) groups excluding carboxylic acids is 2. The molecule has 1 aromatic carbocycles. The molecule has 0 atom stereocenters. The number of sulfone groups is 1. The summed E-state index contributed by atoms with van der Waals surface area (Å²) in [4.78, 5) is 22.6. The van der Waals surface area contributed by atoms with Crippen LogP contribution in [-0.4, -0.2) is 38.6 Å². The molecule has 0 aliphatic carbocycles. The monoisotopic (exact) mass is 375 g/mol. The lowest BCUT2D eigenvalue weighted by molar-refractivity contribution is -0.193. The maximum absolute atomic E-state index is 11.2. The Balaban J connectivity index is 0.000000441. The van der Waals surface area contributed by atoms with E-state index < -0.39 is 33.8 Å². The fourth-order valence-electron chi connectivity index (χ4n) is 1.04. The highest BCUT2D eigenvalue weighted by Gasteiger charge is 2.54. The van der Waals surface area contributed by atoms with E-state index in [1.165, 1.54) is 12.1 Å². The third kappa shape index (κ3) is 6.78. The quantitative estimate of drug-likeness (QED) is 0.453. The zero-order valence-corrected chi connectivity index (χ0v) is 12.4. The lowest BCUT2D eigenvalue weighted by Crippen LogP contribution is -2.39. The van der Waals surface area contributed by atoms with Gasteiger partial charge in [-0.05, 0) is 12.1 Å². The van der Waals surface area contributed by atoms with Crippen molar-refractivity contribution in [1.82, 2.24) is 0 Å². The maximum atomic E-state index is 11.2. The minimum Gasteiger partial charge on any atom is -0.280 e. The summed E-state index contributed by atoms with van der Waals surface area (Å²) in [5.74, 6) is -6.81. The van der Waals surface area contributed by atoms with Crippen molar-refractivity contribution in [3.05, 3.63) is 35.7 Å². The van der Waals surface area contributed by atoms with Gasteiger partial charge in [0.25, 0.3) is 0 Å². The molecule has 0 aromatic heterocycles. The van der Waals surface area contributed by atoms with Gasteiger partial charge in [0.05, 0.1) is 11.5 Å². The van der Waals surface area contributed by atoms with E-state index in [1.54, 1.807) is 12.1 Å². The molecule has 0 radical (unpaired) electrons. The lowest BCUT2D eigenvalue weighted by atomic mass is 10.2. The molecule has 24 heavy (non-hydrogen) atoms. The molecule has 0 fully saturated rings. The van der Waals surface area contributed by atoms with E-state index in [9.17, 15) is 44.3 Å². The summed E-state index contributed by atoms with van der Waals surface area (Å²) >= 11 is 0. The standard InChI is InChI=1S/C8H7NO2S.C4F6O2/c1-9-7-4-3-5-8(6-7)12(2,10)11;5-3(6,7)1(11)2(12)4(8,9)10/h3-6H,2H3;. The van der Waals surface area contributed by atoms with Gasteiger partial charge in [-0.25, -0.2) is 13.3 Å². The van der Waals surface area contributed by atoms with E-state index in [1.807, 2.05) is 0 Å². The van der Waals surface area contributed by atoms with Gasteiger partial charge in [0.1, 0.15) is 0 Å². The number of nitrogens with zero attached hydrogens (tertiary/aromatic N) is 1. The Morgan fingerprint density at radius 3 is 1.71 bits per heavy atom. The van der Waals surface area contributed by atoms with E-state index in [2.05, 4.69) is 4.85 Å². The van der Waals surface area contributed by atoms with Crippen molar-refractivity contribution in [2.24, 2.45) is 0 Å². The van der Waals surface area contributed by atoms with Crippen molar-refractivity contribution in [2.75, 3.05) is 6.26 Å². The fourth-order valence-corrected chi connectivity index (χ4v) is 1.70. The molecule has 0 aliphatic heterocycles. The number of hydrogen-bond donors (Lipinski definition) is 0. The van der Waals surface area contributed by atoms with Gasteiger partial charge in [-0.3, -0.25) is 9.59 Å². The number of rotatable bonds is 2. The molecule has 0 amide bonds. The van der Waals surface area contributed by atoms with Gasteiger partial charge in [0.15, 0.2) is 15.5 Å². The van der Waals surface area contributed by atoms with Gasteiger partial charge >= 0.3 is 23.9 Å². The number of alkyl halides is 6. The fraction of sp³-hybridized carbons (Fsp3) is 0.250. The summed E-state index contributed by atoms with van der Waals surface area (Å²) in [5.41, 5.74) is 0.345. The van der Waals surface area contributed by atoms with E-state index in [-0.39, 0.29) is 4.90 Å². The van der Waals surface area contributed by atoms with E-state index in [4.69, 9.17) is 6.57 Å². The zero-order valence-electron chi connectivity index (χ0n) is 11.6. The second kappa shape index (κ2) is 7.43. The van der Waals surface area contributed by atoms with Crippen molar-refractivity contribution in [2.45, 2.75) is 17.2 Å². The molecule has 0 aliphatic rings. The first-order valence-electron chi connectivity index (χ1n) is 5.51. The Kier molecular flexibility index (Phi) is 6.68. The van der Waals surface area contributed by atoms with E-state index >= 15 is 0 Å². The predicted molar refractivity (Wildman–Crippen MR) is 67.9 cm³/mol. The number of Topliss-reactive ketones (excluding diaryl/α,β-unsaturated/α-hetero) is 2. The Labute approximate surface area is 131 Å². The zero-order chi connectivity index (χ0) is 19.3. The maximum Gasteiger partial charge on any atom is 0.458 e. The first-order valence-corrected chi connectivity index (χ1v) is 7.40. The summed E-state index contributed by atoms with van der Waals surface area (Å²) in [6.07, 6.45) is -10.4. The predicted octanol–water partition coefficient (Wildman–Crippen LogP) is 2.89. The van der Waals surface area contributed by atoms with Crippen molar-refractivity contribution >= 4 is 27.1 Å². The molecule has 0 heterocycles. The summed E-state index contributed by atoms with van der Waals surface area (Å²) in [6, 6.07) is 5.97. The molecule has 0 unspecified atom stereocenters. The summed E-state index contributed by atoms with van der Waals surface area (Å²) in [7, 11) is -3.18. The molecule has 0 bridgehead atoms. The number of benzene rings is 1. The highest BCUT2D eigenvalue weighted by atomic mass is 32.2. The molecular formula is C12H7F6NO4S. The first-order chi connectivity index (χ1) is 10.6. The average Bonchev–Trinajstić information content (AvgIpc) is 2.43. The Morgan fingerprint density at radius 2 is 1.42 bits per heavy atom. The first kappa shape index (κ1) is 21.6. The van der Waals surface area contributed by atoms with Crippen LogP contribution in [0, 0.1) is 6.57 Å². The van der Waals surface area contributed by atoms with Gasteiger partial charge < -0.3 is 0 Å². The van der Waals surface area contributed by atoms with Crippen molar-refractivity contribution in [1.29, 1.82) is 0 Å². The molecule has 0 N–H and O–H groups in total. The average molecular weight is 375 g/mol. The number of ketones is 2. The van der Waals surface area contributed by atoms with Crippen molar-refractivity contribution in [3.8, 4) is 0 Å². The molecule has 12 heteroatoms. The van der Waals surface area contributed by atoms with Crippen LogP contribution in [-0.2, 0) is 19.4 Å². The molecule has 0 saturated carbocycles. The van der Waals surface area contributed by atoms with E-state index in [0.717, 1.165) is 6.26 Å². The van der Waals surface area contributed by atoms with Gasteiger partial charge in [-0.1, -0.05) is 12.1 Å². The van der Waals surface area contributed by atoms with Crippen LogP contribution in [0.15, 0.2) is 29.2 Å². The van der Waals surface area contributed by atoms with Gasteiger partial charge in [-0.2, -0.15) is 26.3 Å². The normalized spacial score (nSPS) is 11.8. The van der Waals surface area contributed by atoms with Crippen molar-refractivity contribution in [3.63, 3.8) is 0 Å². The van der Waals surface area contributed by atoms with Crippen LogP contribution in [0.5, 0.6) is 0 Å². The molecular weight excluding hydrogens is 368 g/mol. The molecule has 0 spiro atoms. The smallest absolute Gasteiger partial charge is 0.280 e. The summed E-state index contributed by atoms with van der Waals surface area (Å²) in [5, 5.41) is 0. The third-order valence-corrected chi connectivity index (χ3v) is 3.21. The topological polar surface area (TPSA) is 72.6 Å². The minimum absolute atomic E-state index is 0.191.